The van der Waals surface area contributed by atoms with Crippen LogP contribution in [-0.4, -0.2) is 47.4 Å². The zero-order valence-corrected chi connectivity index (χ0v) is 21.6. The highest BCUT2D eigenvalue weighted by Crippen LogP contribution is 2.39. The maximum absolute atomic E-state index is 12.2. The van der Waals surface area contributed by atoms with E-state index < -0.39 is 5.91 Å². The van der Waals surface area contributed by atoms with Crippen LogP contribution >= 0.6 is 22.9 Å². The molecule has 1 amide bonds. The molecule has 1 unspecified atom stereocenters. The van der Waals surface area contributed by atoms with E-state index in [0.717, 1.165) is 46.9 Å². The van der Waals surface area contributed by atoms with Gasteiger partial charge in [-0.3, -0.25) is 9.20 Å². The van der Waals surface area contributed by atoms with Gasteiger partial charge in [0.05, 0.1) is 29.6 Å². The fourth-order valence-electron chi connectivity index (χ4n) is 3.77. The summed E-state index contributed by atoms with van der Waals surface area (Å²) in [7, 11) is 4.13. The third-order valence-electron chi connectivity index (χ3n) is 5.57. The minimum absolute atomic E-state index is 0.349. The van der Waals surface area contributed by atoms with Crippen molar-refractivity contribution in [3.63, 3.8) is 0 Å². The van der Waals surface area contributed by atoms with Crippen molar-refractivity contribution >= 4 is 34.5 Å². The minimum atomic E-state index is -0.543. The molecule has 1 aromatic carbocycles. The highest BCUT2D eigenvalue weighted by Gasteiger charge is 2.21. The first-order valence-corrected chi connectivity index (χ1v) is 12.6. The van der Waals surface area contributed by atoms with E-state index in [4.69, 9.17) is 26.8 Å². The normalized spacial score (nSPS) is 12.3. The molecular weight excluding hydrogens is 484 g/mol. The standard InChI is InChI=1S/C26H29ClN4O3S/c1-17(19-8-4-5-9-20(19)27)34-22-14-23(35-25(22)26(28)32)21-15-29-24-11-10-18(16-31(21)24)33-13-7-6-12-30(2)3/h4-5,8-11,14-17H,6-7,12-13H2,1-3H3,(H2,28,32). The molecule has 4 aromatic rings. The fraction of sp³-hybridized carbons (Fsp3) is 0.308. The molecule has 2 N–H and O–H groups in total. The smallest absolute Gasteiger partial charge is 0.262 e. The molecular formula is C26H29ClN4O3S. The number of carbonyl (C=O) groups excluding carboxylic acids is 1. The highest BCUT2D eigenvalue weighted by atomic mass is 35.5. The topological polar surface area (TPSA) is 82.1 Å². The number of nitrogens with zero attached hydrogens (tertiary/aromatic N) is 3. The zero-order chi connectivity index (χ0) is 24.9. The van der Waals surface area contributed by atoms with E-state index >= 15 is 0 Å². The number of unbranched alkanes of at least 4 members (excludes halogenated alkanes) is 1. The Balaban J connectivity index is 1.57. The van der Waals surface area contributed by atoms with Gasteiger partial charge in [-0.05, 0) is 58.6 Å². The van der Waals surface area contributed by atoms with E-state index in [1.54, 1.807) is 6.20 Å². The number of rotatable bonds is 11. The second kappa shape index (κ2) is 11.1. The van der Waals surface area contributed by atoms with E-state index in [0.29, 0.717) is 22.3 Å². The van der Waals surface area contributed by atoms with Crippen LogP contribution in [0.15, 0.2) is 54.9 Å². The van der Waals surface area contributed by atoms with Crippen LogP contribution in [0.3, 0.4) is 0 Å². The van der Waals surface area contributed by atoms with E-state index in [9.17, 15) is 4.79 Å². The summed E-state index contributed by atoms with van der Waals surface area (Å²) < 4.78 is 14.1. The largest absolute Gasteiger partial charge is 0.492 e. The summed E-state index contributed by atoms with van der Waals surface area (Å²) in [6.07, 6.45) is 5.38. The van der Waals surface area contributed by atoms with Gasteiger partial charge in [0.1, 0.15) is 28.1 Å². The van der Waals surface area contributed by atoms with Crippen molar-refractivity contribution in [2.75, 3.05) is 27.2 Å². The molecule has 0 radical (unpaired) electrons. The number of imidazole rings is 1. The highest BCUT2D eigenvalue weighted by molar-refractivity contribution is 7.17. The molecule has 3 aromatic heterocycles. The average Bonchev–Trinajstić information content (AvgIpc) is 3.42. The van der Waals surface area contributed by atoms with Crippen molar-refractivity contribution in [2.45, 2.75) is 25.9 Å². The number of benzene rings is 1. The Morgan fingerprint density at radius 1 is 1.23 bits per heavy atom. The summed E-state index contributed by atoms with van der Waals surface area (Å²) in [6.45, 7) is 3.57. The van der Waals surface area contributed by atoms with Gasteiger partial charge in [-0.25, -0.2) is 4.98 Å². The number of aromatic nitrogens is 2. The zero-order valence-electron chi connectivity index (χ0n) is 20.0. The van der Waals surface area contributed by atoms with Gasteiger partial charge in [-0.15, -0.1) is 11.3 Å². The van der Waals surface area contributed by atoms with Crippen LogP contribution in [-0.2, 0) is 0 Å². The van der Waals surface area contributed by atoms with Crippen molar-refractivity contribution in [2.24, 2.45) is 5.73 Å². The number of carbonyl (C=O) groups is 1. The molecule has 0 aliphatic heterocycles. The number of amides is 1. The maximum atomic E-state index is 12.2. The lowest BCUT2D eigenvalue weighted by atomic mass is 10.1. The van der Waals surface area contributed by atoms with Crippen molar-refractivity contribution in [1.29, 1.82) is 0 Å². The first kappa shape index (κ1) is 25.0. The Morgan fingerprint density at radius 3 is 2.77 bits per heavy atom. The van der Waals surface area contributed by atoms with Crippen molar-refractivity contribution < 1.29 is 14.3 Å². The molecule has 7 nitrogen and oxygen atoms in total. The molecule has 0 aliphatic rings. The number of primary amides is 1. The Labute approximate surface area is 214 Å². The van der Waals surface area contributed by atoms with Crippen molar-refractivity contribution in [3.05, 3.63) is 70.3 Å². The van der Waals surface area contributed by atoms with E-state index in [1.807, 2.05) is 60.0 Å². The lowest BCUT2D eigenvalue weighted by Crippen LogP contribution is -2.13. The summed E-state index contributed by atoms with van der Waals surface area (Å²) in [5.74, 6) is 0.642. The average molecular weight is 513 g/mol. The number of hydrogen-bond donors (Lipinski definition) is 1. The van der Waals surface area contributed by atoms with E-state index in [1.165, 1.54) is 11.3 Å². The Kier molecular flexibility index (Phi) is 7.95. The fourth-order valence-corrected chi connectivity index (χ4v) is 5.01. The molecule has 0 spiro atoms. The van der Waals surface area contributed by atoms with Gasteiger partial charge >= 0.3 is 0 Å². The molecule has 35 heavy (non-hydrogen) atoms. The molecule has 184 valence electrons. The number of nitrogens with two attached hydrogens (primary N) is 1. The molecule has 1 atom stereocenters. The molecule has 3 heterocycles. The second-order valence-corrected chi connectivity index (χ2v) is 10.0. The summed E-state index contributed by atoms with van der Waals surface area (Å²) >= 11 is 7.60. The van der Waals surface area contributed by atoms with Gasteiger partial charge in [0.25, 0.3) is 5.91 Å². The van der Waals surface area contributed by atoms with Crippen LogP contribution in [0.4, 0.5) is 0 Å². The monoisotopic (exact) mass is 512 g/mol. The summed E-state index contributed by atoms with van der Waals surface area (Å²) in [5, 5.41) is 0.604. The lowest BCUT2D eigenvalue weighted by molar-refractivity contribution is 0.0998. The first-order chi connectivity index (χ1) is 16.8. The quantitative estimate of drug-likeness (QED) is 0.262. The predicted octanol–water partition coefficient (Wildman–Crippen LogP) is 5.68. The molecule has 4 rings (SSSR count). The SMILES string of the molecule is CC(Oc1cc(-c2cnc3ccc(OCCCCN(C)C)cn23)sc1C(N)=O)c1ccccc1Cl. The van der Waals surface area contributed by atoms with Crippen LogP contribution in [0.25, 0.3) is 16.2 Å². The number of thiophene rings is 1. The molecule has 0 fully saturated rings. The first-order valence-electron chi connectivity index (χ1n) is 11.4. The molecule has 9 heteroatoms. The van der Waals surface area contributed by atoms with E-state index in [2.05, 4.69) is 24.0 Å². The van der Waals surface area contributed by atoms with E-state index in [-0.39, 0.29) is 6.10 Å². The molecule has 0 bridgehead atoms. The van der Waals surface area contributed by atoms with Gasteiger partial charge in [0.15, 0.2) is 0 Å². The van der Waals surface area contributed by atoms with Crippen LogP contribution in [0, 0.1) is 0 Å². The van der Waals surface area contributed by atoms with Gasteiger partial charge in [-0.1, -0.05) is 29.8 Å². The van der Waals surface area contributed by atoms with Gasteiger partial charge < -0.3 is 20.1 Å². The third-order valence-corrected chi connectivity index (χ3v) is 7.07. The van der Waals surface area contributed by atoms with Crippen LogP contribution < -0.4 is 15.2 Å². The van der Waals surface area contributed by atoms with Crippen molar-refractivity contribution in [3.8, 4) is 22.1 Å². The summed E-state index contributed by atoms with van der Waals surface area (Å²) in [4.78, 5) is 20.0. The molecule has 0 saturated carbocycles. The number of pyridine rings is 1. The van der Waals surface area contributed by atoms with Crippen LogP contribution in [0.5, 0.6) is 11.5 Å². The Morgan fingerprint density at radius 2 is 2.03 bits per heavy atom. The van der Waals surface area contributed by atoms with Gasteiger partial charge in [-0.2, -0.15) is 0 Å². The van der Waals surface area contributed by atoms with Crippen LogP contribution in [0.1, 0.15) is 41.1 Å². The Bertz CT molecular complexity index is 1320. The summed E-state index contributed by atoms with van der Waals surface area (Å²) in [5.41, 5.74) is 8.12. The number of hydrogen-bond acceptors (Lipinski definition) is 6. The third kappa shape index (κ3) is 5.96. The molecule has 0 aliphatic carbocycles. The minimum Gasteiger partial charge on any atom is -0.492 e. The van der Waals surface area contributed by atoms with Crippen LogP contribution in [0.2, 0.25) is 5.02 Å². The lowest BCUT2D eigenvalue weighted by Gasteiger charge is -2.16. The van der Waals surface area contributed by atoms with Gasteiger partial charge in [0.2, 0.25) is 0 Å². The molecule has 0 saturated heterocycles. The maximum Gasteiger partial charge on any atom is 0.262 e. The Hall–Kier alpha value is -3.07. The number of fused-ring (bicyclic) bond motifs is 1. The number of ether oxygens (including phenoxy) is 2. The van der Waals surface area contributed by atoms with Crippen molar-refractivity contribution in [1.82, 2.24) is 14.3 Å². The number of halogens is 1. The summed E-state index contributed by atoms with van der Waals surface area (Å²) in [6, 6.07) is 13.1. The predicted molar refractivity (Wildman–Crippen MR) is 141 cm³/mol. The van der Waals surface area contributed by atoms with Gasteiger partial charge in [0, 0.05) is 16.7 Å². The second-order valence-electron chi connectivity index (χ2n) is 8.55.